The third-order valence-electron chi connectivity index (χ3n) is 9.08. The van der Waals surface area contributed by atoms with Gasteiger partial charge in [0.2, 0.25) is 5.78 Å². The molecule has 8 atom stereocenters. The van der Waals surface area contributed by atoms with Crippen molar-refractivity contribution in [2.75, 3.05) is 6.61 Å². The van der Waals surface area contributed by atoms with Crippen LogP contribution in [0, 0.1) is 22.7 Å². The summed E-state index contributed by atoms with van der Waals surface area (Å²) >= 11 is 0. The SMILES string of the molecule is CCCC(=O)O[C@]1(C(=O)CO)CC[C@H]2[C@@H]3C[C@H](F)C4=CC(=O)C=C[C@]4(C)C3(F)[C@@H](O)C[C@@]21C. The maximum atomic E-state index is 17.1. The third kappa shape index (κ3) is 2.99. The number of allylic oxidation sites excluding steroid dienone is 4. The van der Waals surface area contributed by atoms with Crippen LogP contribution in [0.5, 0.6) is 0 Å². The van der Waals surface area contributed by atoms with Gasteiger partial charge in [-0.25, -0.2) is 8.78 Å². The van der Waals surface area contributed by atoms with Crippen molar-refractivity contribution in [3.05, 3.63) is 23.8 Å². The van der Waals surface area contributed by atoms with Crippen molar-refractivity contribution in [3.63, 3.8) is 0 Å². The Labute approximate surface area is 192 Å². The molecule has 0 amide bonds. The standard InChI is InChI=1S/C25H32F2O6/c1-4-5-21(32)33-24(20(31)13-28)9-7-15-16-11-18(26)17-10-14(29)6-8-22(17,2)25(16,27)19(30)12-23(15,24)3/h6,8,10,15-16,18-19,28,30H,4-5,7,9,11-13H2,1-3H3/t15-,16-,18-,19-,22-,23-,24-,25?/m0/s1. The van der Waals surface area contributed by atoms with E-state index in [2.05, 4.69) is 0 Å². The van der Waals surface area contributed by atoms with Crippen molar-refractivity contribution >= 4 is 17.5 Å². The van der Waals surface area contributed by atoms with Crippen molar-refractivity contribution in [1.82, 2.24) is 0 Å². The number of hydrogen-bond donors (Lipinski definition) is 2. The summed E-state index contributed by atoms with van der Waals surface area (Å²) in [6.07, 6.45) is 1.01. The zero-order valence-corrected chi connectivity index (χ0v) is 19.3. The Kier molecular flexibility index (Phi) is 5.72. The highest BCUT2D eigenvalue weighted by Crippen LogP contribution is 2.70. The number of carbonyl (C=O) groups is 3. The second kappa shape index (κ2) is 7.80. The van der Waals surface area contributed by atoms with Crippen LogP contribution in [0.15, 0.2) is 23.8 Å². The van der Waals surface area contributed by atoms with Gasteiger partial charge >= 0.3 is 5.97 Å². The minimum Gasteiger partial charge on any atom is -0.450 e. The molecule has 6 nitrogen and oxygen atoms in total. The Balaban J connectivity index is 1.82. The number of ether oxygens (including phenoxy) is 1. The molecule has 3 saturated carbocycles. The lowest BCUT2D eigenvalue weighted by atomic mass is 9.44. The summed E-state index contributed by atoms with van der Waals surface area (Å²) in [6, 6.07) is 0. The van der Waals surface area contributed by atoms with Crippen LogP contribution in [0.2, 0.25) is 0 Å². The highest BCUT2D eigenvalue weighted by molar-refractivity contribution is 6.01. The Bertz CT molecular complexity index is 945. The normalized spacial score (nSPS) is 46.2. The van der Waals surface area contributed by atoms with E-state index in [0.29, 0.717) is 6.42 Å². The maximum absolute atomic E-state index is 17.1. The van der Waals surface area contributed by atoms with Crippen LogP contribution >= 0.6 is 0 Å². The number of ketones is 2. The molecule has 0 bridgehead atoms. The zero-order valence-electron chi connectivity index (χ0n) is 19.3. The number of aliphatic hydroxyl groups is 2. The van der Waals surface area contributed by atoms with Gasteiger partial charge in [-0.3, -0.25) is 14.4 Å². The van der Waals surface area contributed by atoms with E-state index in [-0.39, 0.29) is 37.7 Å². The fourth-order valence-corrected chi connectivity index (χ4v) is 7.45. The van der Waals surface area contributed by atoms with Crippen molar-refractivity contribution in [2.24, 2.45) is 22.7 Å². The molecule has 4 aliphatic rings. The fourth-order valence-electron chi connectivity index (χ4n) is 7.45. The second-order valence-corrected chi connectivity index (χ2v) is 10.5. The number of aliphatic hydroxyl groups excluding tert-OH is 2. The van der Waals surface area contributed by atoms with E-state index in [0.717, 1.165) is 6.08 Å². The fraction of sp³-hybridized carbons (Fsp3) is 0.720. The lowest BCUT2D eigenvalue weighted by molar-refractivity contribution is -0.229. The van der Waals surface area contributed by atoms with Crippen LogP contribution in [0.1, 0.15) is 59.3 Å². The lowest BCUT2D eigenvalue weighted by Crippen LogP contribution is -2.70. The van der Waals surface area contributed by atoms with Gasteiger partial charge in [-0.05, 0) is 62.7 Å². The molecule has 4 aliphatic carbocycles. The molecule has 3 fully saturated rings. The molecule has 182 valence electrons. The summed E-state index contributed by atoms with van der Waals surface area (Å²) in [5.74, 6) is -3.24. The van der Waals surface area contributed by atoms with Crippen LogP contribution in [0.4, 0.5) is 8.78 Å². The van der Waals surface area contributed by atoms with Crippen molar-refractivity contribution < 1.29 is 38.1 Å². The predicted octanol–water partition coefficient (Wildman–Crippen LogP) is 2.95. The van der Waals surface area contributed by atoms with Gasteiger partial charge in [0.1, 0.15) is 12.8 Å². The van der Waals surface area contributed by atoms with Gasteiger partial charge in [0.05, 0.1) is 6.10 Å². The summed E-state index contributed by atoms with van der Waals surface area (Å²) in [7, 11) is 0. The number of alkyl halides is 2. The first-order valence-corrected chi connectivity index (χ1v) is 11.7. The molecule has 0 heterocycles. The van der Waals surface area contributed by atoms with Gasteiger partial charge < -0.3 is 14.9 Å². The van der Waals surface area contributed by atoms with Crippen molar-refractivity contribution in [2.45, 2.75) is 82.8 Å². The summed E-state index contributed by atoms with van der Waals surface area (Å²) in [5, 5.41) is 21.0. The summed E-state index contributed by atoms with van der Waals surface area (Å²) in [5.41, 5.74) is -6.64. The van der Waals surface area contributed by atoms with E-state index >= 15 is 8.78 Å². The Morgan fingerprint density at radius 2 is 1.97 bits per heavy atom. The smallest absolute Gasteiger partial charge is 0.306 e. The number of fused-ring (bicyclic) bond motifs is 5. The van der Waals surface area contributed by atoms with Crippen molar-refractivity contribution in [1.29, 1.82) is 0 Å². The van der Waals surface area contributed by atoms with E-state index < -0.39 is 70.4 Å². The van der Waals surface area contributed by atoms with Gasteiger partial charge in [-0.15, -0.1) is 0 Å². The molecular formula is C25H32F2O6. The zero-order chi connectivity index (χ0) is 24.4. The average molecular weight is 467 g/mol. The topological polar surface area (TPSA) is 101 Å². The van der Waals surface area contributed by atoms with Crippen LogP contribution < -0.4 is 0 Å². The molecule has 2 N–H and O–H groups in total. The highest BCUT2D eigenvalue weighted by Gasteiger charge is 2.76. The molecule has 1 unspecified atom stereocenters. The lowest BCUT2D eigenvalue weighted by Gasteiger charge is -2.63. The molecule has 0 aromatic heterocycles. The van der Waals surface area contributed by atoms with Gasteiger partial charge in [0, 0.05) is 23.2 Å². The summed E-state index contributed by atoms with van der Waals surface area (Å²) < 4.78 is 38.3. The number of hydrogen-bond acceptors (Lipinski definition) is 6. The van der Waals surface area contributed by atoms with Crippen LogP contribution in [0.3, 0.4) is 0 Å². The molecule has 0 spiro atoms. The van der Waals surface area contributed by atoms with E-state index in [4.69, 9.17) is 4.74 Å². The van der Waals surface area contributed by atoms with Gasteiger partial charge in [-0.1, -0.05) is 19.9 Å². The molecule has 0 aromatic rings. The molecule has 0 aliphatic heterocycles. The molecule has 8 heteroatoms. The van der Waals surface area contributed by atoms with Gasteiger partial charge in [-0.2, -0.15) is 0 Å². The van der Waals surface area contributed by atoms with E-state index in [9.17, 15) is 24.6 Å². The molecule has 4 rings (SSSR count). The first-order chi connectivity index (χ1) is 15.4. The number of rotatable bonds is 5. The number of halogens is 2. The first kappa shape index (κ1) is 24.2. The van der Waals surface area contributed by atoms with E-state index in [1.807, 2.05) is 0 Å². The van der Waals surface area contributed by atoms with Crippen LogP contribution in [0.25, 0.3) is 0 Å². The number of esters is 1. The average Bonchev–Trinajstić information content (AvgIpc) is 3.04. The Morgan fingerprint density at radius 1 is 1.27 bits per heavy atom. The monoisotopic (exact) mass is 466 g/mol. The molecular weight excluding hydrogens is 434 g/mol. The summed E-state index contributed by atoms with van der Waals surface area (Å²) in [6.45, 7) is 4.13. The predicted molar refractivity (Wildman–Crippen MR) is 114 cm³/mol. The minimum absolute atomic E-state index is 0.0291. The first-order valence-electron chi connectivity index (χ1n) is 11.7. The Hall–Kier alpha value is -1.93. The molecule has 33 heavy (non-hydrogen) atoms. The number of Topliss-reactive ketones (excluding diaryl/α,β-unsaturated/α-hetero) is 1. The number of carbonyl (C=O) groups excluding carboxylic acids is 3. The summed E-state index contributed by atoms with van der Waals surface area (Å²) in [4.78, 5) is 37.4. The third-order valence-corrected chi connectivity index (χ3v) is 9.08. The van der Waals surface area contributed by atoms with E-state index in [1.54, 1.807) is 13.8 Å². The van der Waals surface area contributed by atoms with Crippen LogP contribution in [-0.4, -0.2) is 57.9 Å². The quantitative estimate of drug-likeness (QED) is 0.605. The minimum atomic E-state index is -2.27. The molecule has 0 radical (unpaired) electrons. The Morgan fingerprint density at radius 3 is 2.61 bits per heavy atom. The van der Waals surface area contributed by atoms with Gasteiger partial charge in [0.25, 0.3) is 0 Å². The highest BCUT2D eigenvalue weighted by atomic mass is 19.1. The van der Waals surface area contributed by atoms with Gasteiger partial charge in [0.15, 0.2) is 17.1 Å². The molecule has 0 saturated heterocycles. The van der Waals surface area contributed by atoms with Crippen molar-refractivity contribution in [3.8, 4) is 0 Å². The van der Waals surface area contributed by atoms with E-state index in [1.165, 1.54) is 19.1 Å². The second-order valence-electron chi connectivity index (χ2n) is 10.5. The maximum Gasteiger partial charge on any atom is 0.306 e. The molecule has 0 aromatic carbocycles. The largest absolute Gasteiger partial charge is 0.450 e. The van der Waals surface area contributed by atoms with Crippen LogP contribution in [-0.2, 0) is 19.1 Å².